The highest BCUT2D eigenvalue weighted by atomic mass is 16.2. The van der Waals surface area contributed by atoms with Gasteiger partial charge in [-0.3, -0.25) is 9.78 Å². The van der Waals surface area contributed by atoms with Gasteiger partial charge in [0.1, 0.15) is 6.04 Å². The fourth-order valence-electron chi connectivity index (χ4n) is 2.49. The molecule has 2 aromatic rings. The van der Waals surface area contributed by atoms with Crippen molar-refractivity contribution in [3.05, 3.63) is 59.9 Å². The van der Waals surface area contributed by atoms with Crippen LogP contribution in [0, 0.1) is 0 Å². The van der Waals surface area contributed by atoms with Crippen LogP contribution in [-0.4, -0.2) is 16.9 Å². The number of carbonyl (C=O) groups excluding carboxylic acids is 1. The van der Waals surface area contributed by atoms with Gasteiger partial charge < -0.3 is 10.6 Å². The van der Waals surface area contributed by atoms with Crippen LogP contribution in [0.3, 0.4) is 0 Å². The summed E-state index contributed by atoms with van der Waals surface area (Å²) >= 11 is 0. The molecule has 0 fully saturated rings. The lowest BCUT2D eigenvalue weighted by Gasteiger charge is -2.17. The van der Waals surface area contributed by atoms with Gasteiger partial charge in [0.25, 0.3) is 0 Å². The predicted octanol–water partition coefficient (Wildman–Crippen LogP) is 2.30. The molecule has 2 heterocycles. The molecule has 4 heteroatoms. The normalized spacial score (nSPS) is 17.9. The fourth-order valence-corrected chi connectivity index (χ4v) is 2.49. The van der Waals surface area contributed by atoms with Crippen molar-refractivity contribution in [2.45, 2.75) is 25.4 Å². The van der Waals surface area contributed by atoms with Crippen molar-refractivity contribution in [2.75, 3.05) is 5.32 Å². The van der Waals surface area contributed by atoms with E-state index in [0.29, 0.717) is 0 Å². The second kappa shape index (κ2) is 5.33. The molecule has 1 unspecified atom stereocenters. The number of nitrogens with one attached hydrogen (secondary N) is 2. The number of nitrogens with zero attached hydrogens (tertiary/aromatic N) is 1. The maximum atomic E-state index is 12.3. The van der Waals surface area contributed by atoms with E-state index in [-0.39, 0.29) is 18.0 Å². The third-order valence-electron chi connectivity index (χ3n) is 3.63. The van der Waals surface area contributed by atoms with Crippen LogP contribution in [0.2, 0.25) is 0 Å². The van der Waals surface area contributed by atoms with Crippen LogP contribution in [0.15, 0.2) is 48.8 Å². The Balaban J connectivity index is 1.64. The van der Waals surface area contributed by atoms with E-state index in [4.69, 9.17) is 0 Å². The maximum absolute atomic E-state index is 12.3. The number of pyridine rings is 1. The van der Waals surface area contributed by atoms with Gasteiger partial charge in [0.15, 0.2) is 0 Å². The summed E-state index contributed by atoms with van der Waals surface area (Å²) in [5.74, 6) is 0.0255. The Morgan fingerprint density at radius 3 is 2.95 bits per heavy atom. The largest absolute Gasteiger partial charge is 0.373 e. The molecule has 1 amide bonds. The van der Waals surface area contributed by atoms with Crippen LogP contribution in [0.4, 0.5) is 5.69 Å². The molecule has 0 radical (unpaired) electrons. The van der Waals surface area contributed by atoms with E-state index in [2.05, 4.69) is 21.7 Å². The van der Waals surface area contributed by atoms with E-state index >= 15 is 0 Å². The number of aromatic nitrogens is 1. The molecule has 102 valence electrons. The Morgan fingerprint density at radius 1 is 1.35 bits per heavy atom. The van der Waals surface area contributed by atoms with Crippen LogP contribution in [0.1, 0.15) is 24.1 Å². The first-order valence-electron chi connectivity index (χ1n) is 6.79. The number of hydrogen-bond donors (Lipinski definition) is 2. The molecule has 4 nitrogen and oxygen atoms in total. The van der Waals surface area contributed by atoms with Crippen molar-refractivity contribution in [1.82, 2.24) is 10.3 Å². The molecule has 20 heavy (non-hydrogen) atoms. The standard InChI is InChI=1S/C16H17N3O/c1-11(13-6-4-8-17-10-13)18-16(20)15-9-12-5-2-3-7-14(12)19-15/h2-8,10-11,15,19H,9H2,1H3,(H,18,20)/t11?,15-/m0/s1. The van der Waals surface area contributed by atoms with Gasteiger partial charge in [0.2, 0.25) is 5.91 Å². The minimum absolute atomic E-state index is 0.0255. The second-order valence-corrected chi connectivity index (χ2v) is 5.07. The van der Waals surface area contributed by atoms with Crippen LogP contribution in [0.5, 0.6) is 0 Å². The number of anilines is 1. The molecule has 3 rings (SSSR count). The summed E-state index contributed by atoms with van der Waals surface area (Å²) in [4.78, 5) is 16.4. The zero-order chi connectivity index (χ0) is 13.9. The zero-order valence-electron chi connectivity index (χ0n) is 11.3. The summed E-state index contributed by atoms with van der Waals surface area (Å²) in [6.07, 6.45) is 4.25. The maximum Gasteiger partial charge on any atom is 0.243 e. The van der Waals surface area contributed by atoms with Gasteiger partial charge in [0.05, 0.1) is 6.04 Å². The topological polar surface area (TPSA) is 54.0 Å². The van der Waals surface area contributed by atoms with Crippen molar-refractivity contribution in [2.24, 2.45) is 0 Å². The molecule has 2 N–H and O–H groups in total. The number of carbonyl (C=O) groups is 1. The molecule has 0 aliphatic carbocycles. The average Bonchev–Trinajstić information content (AvgIpc) is 2.92. The predicted molar refractivity (Wildman–Crippen MR) is 78.4 cm³/mol. The number of fused-ring (bicyclic) bond motifs is 1. The van der Waals surface area contributed by atoms with Crippen molar-refractivity contribution in [3.8, 4) is 0 Å². The summed E-state index contributed by atoms with van der Waals surface area (Å²) in [5, 5.41) is 6.29. The molecule has 0 saturated heterocycles. The molecular weight excluding hydrogens is 250 g/mol. The van der Waals surface area contributed by atoms with Crippen molar-refractivity contribution in [3.63, 3.8) is 0 Å². The molecule has 1 aromatic carbocycles. The van der Waals surface area contributed by atoms with Crippen LogP contribution in [-0.2, 0) is 11.2 Å². The second-order valence-electron chi connectivity index (χ2n) is 5.07. The summed E-state index contributed by atoms with van der Waals surface area (Å²) in [5.41, 5.74) is 3.26. The molecule has 0 spiro atoms. The molecule has 2 atom stereocenters. The molecule has 1 aliphatic rings. The third kappa shape index (κ3) is 2.50. The van der Waals surface area contributed by atoms with Crippen molar-refractivity contribution >= 4 is 11.6 Å². The molecule has 0 bridgehead atoms. The molecule has 1 aromatic heterocycles. The Bertz CT molecular complexity index is 587. The van der Waals surface area contributed by atoms with E-state index in [1.807, 2.05) is 37.3 Å². The van der Waals surface area contributed by atoms with Gasteiger partial charge in [0, 0.05) is 24.5 Å². The highest BCUT2D eigenvalue weighted by molar-refractivity contribution is 5.87. The molecular formula is C16H17N3O. The first-order valence-corrected chi connectivity index (χ1v) is 6.79. The van der Waals surface area contributed by atoms with E-state index in [1.165, 1.54) is 5.56 Å². The highest BCUT2D eigenvalue weighted by Gasteiger charge is 2.27. The first kappa shape index (κ1) is 12.7. The Morgan fingerprint density at radius 2 is 2.20 bits per heavy atom. The van der Waals surface area contributed by atoms with Gasteiger partial charge in [-0.05, 0) is 30.2 Å². The summed E-state index contributed by atoms with van der Waals surface area (Å²) < 4.78 is 0. The van der Waals surface area contributed by atoms with Crippen LogP contribution in [0.25, 0.3) is 0 Å². The Labute approximate surface area is 118 Å². The highest BCUT2D eigenvalue weighted by Crippen LogP contribution is 2.25. The van der Waals surface area contributed by atoms with Gasteiger partial charge in [-0.15, -0.1) is 0 Å². The van der Waals surface area contributed by atoms with Gasteiger partial charge in [-0.25, -0.2) is 0 Å². The van der Waals surface area contributed by atoms with Gasteiger partial charge in [-0.1, -0.05) is 24.3 Å². The number of benzene rings is 1. The van der Waals surface area contributed by atoms with Crippen LogP contribution >= 0.6 is 0 Å². The quantitative estimate of drug-likeness (QED) is 0.897. The Kier molecular flexibility index (Phi) is 3.37. The minimum atomic E-state index is -0.188. The van der Waals surface area contributed by atoms with E-state index in [1.54, 1.807) is 12.4 Å². The van der Waals surface area contributed by atoms with E-state index in [9.17, 15) is 4.79 Å². The first-order chi connectivity index (χ1) is 9.74. The minimum Gasteiger partial charge on any atom is -0.373 e. The SMILES string of the molecule is CC(NC(=O)[C@@H]1Cc2ccccc2N1)c1cccnc1. The van der Waals surface area contributed by atoms with E-state index < -0.39 is 0 Å². The molecule has 0 saturated carbocycles. The lowest BCUT2D eigenvalue weighted by molar-refractivity contribution is -0.122. The number of para-hydroxylation sites is 1. The summed E-state index contributed by atoms with van der Waals surface area (Å²) in [6.45, 7) is 1.97. The number of amides is 1. The monoisotopic (exact) mass is 267 g/mol. The smallest absolute Gasteiger partial charge is 0.243 e. The lowest BCUT2D eigenvalue weighted by Crippen LogP contribution is -2.39. The van der Waals surface area contributed by atoms with E-state index in [0.717, 1.165) is 17.7 Å². The fraction of sp³-hybridized carbons (Fsp3) is 0.250. The summed E-state index contributed by atoms with van der Waals surface area (Å²) in [7, 11) is 0. The molecule has 1 aliphatic heterocycles. The zero-order valence-corrected chi connectivity index (χ0v) is 11.3. The van der Waals surface area contributed by atoms with Gasteiger partial charge >= 0.3 is 0 Å². The lowest BCUT2D eigenvalue weighted by atomic mass is 10.1. The van der Waals surface area contributed by atoms with Crippen LogP contribution < -0.4 is 10.6 Å². The summed E-state index contributed by atoms with van der Waals surface area (Å²) in [6, 6.07) is 11.7. The third-order valence-corrected chi connectivity index (χ3v) is 3.63. The Hall–Kier alpha value is -2.36. The van der Waals surface area contributed by atoms with Crippen molar-refractivity contribution in [1.29, 1.82) is 0 Å². The average molecular weight is 267 g/mol. The van der Waals surface area contributed by atoms with Gasteiger partial charge in [-0.2, -0.15) is 0 Å². The number of hydrogen-bond acceptors (Lipinski definition) is 3. The number of rotatable bonds is 3. The van der Waals surface area contributed by atoms with Crippen molar-refractivity contribution < 1.29 is 4.79 Å².